The lowest BCUT2D eigenvalue weighted by atomic mass is 9.47. The van der Waals surface area contributed by atoms with E-state index in [9.17, 15) is 14.4 Å². The summed E-state index contributed by atoms with van der Waals surface area (Å²) >= 11 is 0. The molecule has 3 aliphatic rings. The van der Waals surface area contributed by atoms with Crippen LogP contribution in [0.4, 0.5) is 0 Å². The summed E-state index contributed by atoms with van der Waals surface area (Å²) in [5.74, 6) is 0.163. The van der Waals surface area contributed by atoms with Crippen molar-refractivity contribution >= 4 is 18.0 Å². The quantitative estimate of drug-likeness (QED) is 0.412. The predicted octanol–water partition coefficient (Wildman–Crippen LogP) is 1.90. The molecule has 1 heterocycles. The molecule has 0 spiro atoms. The summed E-state index contributed by atoms with van der Waals surface area (Å²) in [5, 5.41) is 0. The zero-order valence-corrected chi connectivity index (χ0v) is 11.5. The number of Topliss-reactive ketones (excluding diaryl/α,β-unsaturated/α-hetero) is 1. The molecule has 0 N–H and O–H groups in total. The van der Waals surface area contributed by atoms with Crippen molar-refractivity contribution in [2.24, 2.45) is 22.7 Å². The van der Waals surface area contributed by atoms with E-state index in [1.807, 2.05) is 0 Å². The highest BCUT2D eigenvalue weighted by atomic mass is 16.5. The molecular formula is C15H20O4. The number of esters is 1. The number of carbonyl (C=O) groups is 3. The van der Waals surface area contributed by atoms with E-state index in [4.69, 9.17) is 4.74 Å². The van der Waals surface area contributed by atoms with Crippen LogP contribution in [-0.2, 0) is 19.1 Å². The minimum Gasteiger partial charge on any atom is -0.462 e. The Labute approximate surface area is 112 Å². The van der Waals surface area contributed by atoms with Gasteiger partial charge in [-0.2, -0.15) is 0 Å². The molecule has 0 radical (unpaired) electrons. The first-order valence-electron chi connectivity index (χ1n) is 7.11. The van der Waals surface area contributed by atoms with Crippen molar-refractivity contribution in [3.63, 3.8) is 0 Å². The number of ketones is 1. The van der Waals surface area contributed by atoms with Crippen LogP contribution in [0.2, 0.25) is 0 Å². The zero-order chi connectivity index (χ0) is 13.8. The van der Waals surface area contributed by atoms with Crippen LogP contribution in [0, 0.1) is 22.7 Å². The Bertz CT molecular complexity index is 457. The van der Waals surface area contributed by atoms with Gasteiger partial charge in [-0.05, 0) is 37.5 Å². The minimum absolute atomic E-state index is 0.00199. The van der Waals surface area contributed by atoms with Gasteiger partial charge in [-0.3, -0.25) is 9.59 Å². The fraction of sp³-hybridized carbons (Fsp3) is 0.800. The number of hydrogen-bond donors (Lipinski definition) is 0. The standard InChI is InChI=1S/C15H20O4/c1-14-6-5-12(17)15(2,8-16)11(14)4-3-10-9(14)7-13(18)19-10/h8-11H,3-7H2,1-2H3. The molecule has 0 aromatic rings. The first kappa shape index (κ1) is 12.8. The summed E-state index contributed by atoms with van der Waals surface area (Å²) in [6.07, 6.45) is 4.09. The van der Waals surface area contributed by atoms with Crippen molar-refractivity contribution < 1.29 is 19.1 Å². The summed E-state index contributed by atoms with van der Waals surface area (Å²) in [5.41, 5.74) is -0.998. The van der Waals surface area contributed by atoms with Gasteiger partial charge in [0.15, 0.2) is 0 Å². The van der Waals surface area contributed by atoms with Crippen LogP contribution in [0.25, 0.3) is 0 Å². The molecular weight excluding hydrogens is 244 g/mol. The molecule has 5 atom stereocenters. The Kier molecular flexibility index (Phi) is 2.63. The van der Waals surface area contributed by atoms with E-state index < -0.39 is 5.41 Å². The molecule has 19 heavy (non-hydrogen) atoms. The summed E-state index contributed by atoms with van der Waals surface area (Å²) in [6, 6.07) is 0. The predicted molar refractivity (Wildman–Crippen MR) is 67.2 cm³/mol. The second-order valence-corrected chi connectivity index (χ2v) is 6.80. The van der Waals surface area contributed by atoms with Crippen LogP contribution in [0.1, 0.15) is 46.0 Å². The SMILES string of the molecule is CC1(C=O)C(=O)CCC2(C)C3CC(=O)OC3CCC12. The minimum atomic E-state index is -0.871. The molecule has 4 heteroatoms. The fourth-order valence-electron chi connectivity index (χ4n) is 4.79. The highest BCUT2D eigenvalue weighted by molar-refractivity contribution is 5.99. The van der Waals surface area contributed by atoms with Gasteiger partial charge in [-0.15, -0.1) is 0 Å². The molecule has 0 aromatic heterocycles. The Hall–Kier alpha value is -1.19. The van der Waals surface area contributed by atoms with Crippen LogP contribution >= 0.6 is 0 Å². The Morgan fingerprint density at radius 1 is 1.26 bits per heavy atom. The second kappa shape index (κ2) is 3.90. The summed E-state index contributed by atoms with van der Waals surface area (Å²) < 4.78 is 5.40. The van der Waals surface area contributed by atoms with E-state index in [1.165, 1.54) is 0 Å². The van der Waals surface area contributed by atoms with Gasteiger partial charge in [0.1, 0.15) is 18.2 Å². The largest absolute Gasteiger partial charge is 0.462 e. The molecule has 0 aromatic carbocycles. The molecule has 4 nitrogen and oxygen atoms in total. The molecule has 3 rings (SSSR count). The third-order valence-electron chi connectivity index (χ3n) is 5.96. The maximum Gasteiger partial charge on any atom is 0.306 e. The number of aldehydes is 1. The van der Waals surface area contributed by atoms with Crippen molar-refractivity contribution in [1.29, 1.82) is 0 Å². The van der Waals surface area contributed by atoms with Crippen LogP contribution in [0.15, 0.2) is 0 Å². The molecule has 0 amide bonds. The molecule has 2 aliphatic carbocycles. The number of fused-ring (bicyclic) bond motifs is 3. The summed E-state index contributed by atoms with van der Waals surface area (Å²) in [6.45, 7) is 3.92. The van der Waals surface area contributed by atoms with Crippen molar-refractivity contribution in [2.45, 2.75) is 52.1 Å². The highest BCUT2D eigenvalue weighted by Crippen LogP contribution is 2.60. The van der Waals surface area contributed by atoms with Gasteiger partial charge in [0.05, 0.1) is 11.8 Å². The third kappa shape index (κ3) is 1.55. The normalized spacial score (nSPS) is 49.3. The van der Waals surface area contributed by atoms with Gasteiger partial charge in [0.25, 0.3) is 0 Å². The lowest BCUT2D eigenvalue weighted by Crippen LogP contribution is -2.56. The smallest absolute Gasteiger partial charge is 0.306 e. The maximum absolute atomic E-state index is 12.2. The molecule has 1 aliphatic heterocycles. The molecule has 3 fully saturated rings. The summed E-state index contributed by atoms with van der Waals surface area (Å²) in [4.78, 5) is 35.3. The average molecular weight is 264 g/mol. The third-order valence-corrected chi connectivity index (χ3v) is 5.96. The highest BCUT2D eigenvalue weighted by Gasteiger charge is 2.61. The van der Waals surface area contributed by atoms with Gasteiger partial charge in [-0.25, -0.2) is 0 Å². The number of hydrogen-bond acceptors (Lipinski definition) is 4. The van der Waals surface area contributed by atoms with Crippen LogP contribution in [0.3, 0.4) is 0 Å². The van der Waals surface area contributed by atoms with Gasteiger partial charge >= 0.3 is 5.97 Å². The van der Waals surface area contributed by atoms with Gasteiger partial charge < -0.3 is 9.53 Å². The number of carbonyl (C=O) groups excluding carboxylic acids is 3. The molecule has 2 saturated carbocycles. The second-order valence-electron chi connectivity index (χ2n) is 6.80. The fourth-order valence-corrected chi connectivity index (χ4v) is 4.79. The maximum atomic E-state index is 12.2. The van der Waals surface area contributed by atoms with Gasteiger partial charge in [0, 0.05) is 12.3 Å². The summed E-state index contributed by atoms with van der Waals surface area (Å²) in [7, 11) is 0. The molecule has 104 valence electrons. The Morgan fingerprint density at radius 3 is 2.68 bits per heavy atom. The van der Waals surface area contributed by atoms with Crippen LogP contribution in [-0.4, -0.2) is 24.1 Å². The van der Waals surface area contributed by atoms with Gasteiger partial charge in [0.2, 0.25) is 0 Å². The molecule has 0 bridgehead atoms. The monoisotopic (exact) mass is 264 g/mol. The average Bonchev–Trinajstić information content (AvgIpc) is 2.76. The number of rotatable bonds is 1. The van der Waals surface area contributed by atoms with E-state index in [0.717, 1.165) is 25.5 Å². The van der Waals surface area contributed by atoms with Crippen molar-refractivity contribution in [3.05, 3.63) is 0 Å². The zero-order valence-electron chi connectivity index (χ0n) is 11.5. The van der Waals surface area contributed by atoms with E-state index >= 15 is 0 Å². The van der Waals surface area contributed by atoms with Crippen molar-refractivity contribution in [1.82, 2.24) is 0 Å². The Balaban J connectivity index is 2.01. The van der Waals surface area contributed by atoms with Crippen molar-refractivity contribution in [2.75, 3.05) is 0 Å². The first-order valence-corrected chi connectivity index (χ1v) is 7.11. The van der Waals surface area contributed by atoms with E-state index in [-0.39, 0.29) is 35.1 Å². The van der Waals surface area contributed by atoms with Gasteiger partial charge in [-0.1, -0.05) is 6.92 Å². The first-order chi connectivity index (χ1) is 8.91. The van der Waals surface area contributed by atoms with Crippen LogP contribution < -0.4 is 0 Å². The Morgan fingerprint density at radius 2 is 2.00 bits per heavy atom. The van der Waals surface area contributed by atoms with E-state index in [0.29, 0.717) is 12.8 Å². The topological polar surface area (TPSA) is 60.4 Å². The van der Waals surface area contributed by atoms with Crippen LogP contribution in [0.5, 0.6) is 0 Å². The lowest BCUT2D eigenvalue weighted by molar-refractivity contribution is -0.160. The number of ether oxygens (including phenoxy) is 1. The van der Waals surface area contributed by atoms with E-state index in [1.54, 1.807) is 6.92 Å². The van der Waals surface area contributed by atoms with E-state index in [2.05, 4.69) is 6.92 Å². The molecule has 1 saturated heterocycles. The lowest BCUT2D eigenvalue weighted by Gasteiger charge is -2.55. The van der Waals surface area contributed by atoms with Crippen molar-refractivity contribution in [3.8, 4) is 0 Å². The molecule has 5 unspecified atom stereocenters.